The molecular weight excluding hydrogens is 513 g/mol. The number of aromatic nitrogens is 4. The molecule has 0 saturated carbocycles. The average molecular weight is 533 g/mol. The zero-order valence-corrected chi connectivity index (χ0v) is 20.3. The summed E-state index contributed by atoms with van der Waals surface area (Å²) < 4.78 is 39.0. The number of carbonyl (C=O) groups excluding carboxylic acids is 1. The second-order valence-electron chi connectivity index (χ2n) is 6.67. The van der Waals surface area contributed by atoms with Gasteiger partial charge < -0.3 is 9.74 Å². The maximum Gasteiger partial charge on any atom is 0.389 e. The molecule has 0 atom stereocenters. The molecule has 0 saturated heterocycles. The van der Waals surface area contributed by atoms with Crippen molar-refractivity contribution in [3.63, 3.8) is 0 Å². The van der Waals surface area contributed by atoms with Crippen LogP contribution in [0.15, 0.2) is 47.5 Å². The van der Waals surface area contributed by atoms with Crippen molar-refractivity contribution in [3.05, 3.63) is 52.5 Å². The van der Waals surface area contributed by atoms with Crippen LogP contribution in [0.2, 0.25) is 5.15 Å². The molecule has 3 heterocycles. The first-order valence-corrected chi connectivity index (χ1v) is 12.4. The number of halogens is 4. The van der Waals surface area contributed by atoms with Gasteiger partial charge in [0.05, 0.1) is 24.5 Å². The minimum atomic E-state index is -4.28. The van der Waals surface area contributed by atoms with Crippen LogP contribution in [-0.2, 0) is 16.2 Å². The molecule has 0 unspecified atom stereocenters. The number of pyridine rings is 1. The number of rotatable bonds is 11. The molecule has 0 aliphatic carbocycles. The quantitative estimate of drug-likeness (QED) is 0.196. The number of alkyl halides is 3. The van der Waals surface area contributed by atoms with E-state index in [0.717, 1.165) is 11.8 Å². The topological polar surface area (TPSA) is 85.5 Å². The summed E-state index contributed by atoms with van der Waals surface area (Å²) in [7, 11) is 0. The number of oxime groups is 1. The van der Waals surface area contributed by atoms with Crippen LogP contribution in [-0.4, -0.2) is 55.6 Å². The van der Waals surface area contributed by atoms with E-state index in [0.29, 0.717) is 16.4 Å². The van der Waals surface area contributed by atoms with E-state index in [4.69, 9.17) is 16.4 Å². The summed E-state index contributed by atoms with van der Waals surface area (Å²) in [6, 6.07) is 3.50. The Morgan fingerprint density at radius 2 is 2.21 bits per heavy atom. The molecule has 0 aromatic carbocycles. The fourth-order valence-electron chi connectivity index (χ4n) is 2.70. The van der Waals surface area contributed by atoms with E-state index >= 15 is 0 Å². The van der Waals surface area contributed by atoms with E-state index in [9.17, 15) is 18.0 Å². The standard InChI is InChI=1S/C20H20ClF3N6O2S2/c1-2-29(16-11-30(27-18(16)21)14-4-3-6-25-10-14)19(31)15(13-33-8-5-20(22,23)24)28-32-12-17-26-7-9-34-17/h3-4,6-7,9-11H,2,5,8,12-13H2,1H3/b28-15-. The summed E-state index contributed by atoms with van der Waals surface area (Å²) in [6.07, 6.45) is 1.13. The Morgan fingerprint density at radius 3 is 2.85 bits per heavy atom. The molecule has 182 valence electrons. The van der Waals surface area contributed by atoms with Crippen LogP contribution in [0, 0.1) is 0 Å². The molecule has 0 radical (unpaired) electrons. The van der Waals surface area contributed by atoms with Gasteiger partial charge in [-0.15, -0.1) is 11.3 Å². The van der Waals surface area contributed by atoms with Crippen LogP contribution >= 0.6 is 34.7 Å². The Balaban J connectivity index is 1.78. The van der Waals surface area contributed by atoms with Gasteiger partial charge in [0.1, 0.15) is 10.7 Å². The summed E-state index contributed by atoms with van der Waals surface area (Å²) in [5.41, 5.74) is 0.921. The van der Waals surface area contributed by atoms with Crippen LogP contribution in [0.1, 0.15) is 18.4 Å². The first-order chi connectivity index (χ1) is 16.3. The third kappa shape index (κ3) is 7.43. The lowest BCUT2D eigenvalue weighted by molar-refractivity contribution is -0.129. The van der Waals surface area contributed by atoms with Gasteiger partial charge in [-0.3, -0.25) is 9.78 Å². The Morgan fingerprint density at radius 1 is 1.38 bits per heavy atom. The van der Waals surface area contributed by atoms with Crippen LogP contribution in [0.3, 0.4) is 0 Å². The minimum absolute atomic E-state index is 0.0352. The van der Waals surface area contributed by atoms with Crippen molar-refractivity contribution in [2.24, 2.45) is 5.16 Å². The highest BCUT2D eigenvalue weighted by Crippen LogP contribution is 2.27. The third-order valence-electron chi connectivity index (χ3n) is 4.28. The molecule has 0 aliphatic rings. The van der Waals surface area contributed by atoms with Gasteiger partial charge in [0.25, 0.3) is 5.91 Å². The molecule has 0 N–H and O–H groups in total. The number of amides is 1. The van der Waals surface area contributed by atoms with Crippen LogP contribution in [0.5, 0.6) is 0 Å². The second kappa shape index (κ2) is 12.2. The summed E-state index contributed by atoms with van der Waals surface area (Å²) in [4.78, 5) is 28.0. The predicted molar refractivity (Wildman–Crippen MR) is 127 cm³/mol. The Kier molecular flexibility index (Phi) is 9.30. The molecule has 1 amide bonds. The number of hydrogen-bond acceptors (Lipinski definition) is 8. The summed E-state index contributed by atoms with van der Waals surface area (Å²) in [5, 5.41) is 10.6. The molecule has 8 nitrogen and oxygen atoms in total. The predicted octanol–water partition coefficient (Wildman–Crippen LogP) is 4.99. The largest absolute Gasteiger partial charge is 0.389 e. The van der Waals surface area contributed by atoms with Gasteiger partial charge in [-0.05, 0) is 19.1 Å². The highest BCUT2D eigenvalue weighted by atomic mass is 35.5. The molecular formula is C20H20ClF3N6O2S2. The van der Waals surface area contributed by atoms with E-state index in [2.05, 4.69) is 20.2 Å². The van der Waals surface area contributed by atoms with Crippen LogP contribution in [0.4, 0.5) is 18.9 Å². The lowest BCUT2D eigenvalue weighted by atomic mass is 10.3. The van der Waals surface area contributed by atoms with Crippen molar-refractivity contribution in [3.8, 4) is 5.69 Å². The number of thioether (sulfide) groups is 1. The SMILES string of the molecule is CCN(C(=O)/C(CSCCC(F)(F)F)=N\OCc1nccs1)c1cn(-c2cccnc2)nc1Cl. The van der Waals surface area contributed by atoms with Crippen LogP contribution in [0.25, 0.3) is 5.69 Å². The zero-order valence-electron chi connectivity index (χ0n) is 17.9. The monoisotopic (exact) mass is 532 g/mol. The van der Waals surface area contributed by atoms with Crippen molar-refractivity contribution >= 4 is 52.0 Å². The Hall–Kier alpha value is -2.64. The number of thiazole rings is 1. The lowest BCUT2D eigenvalue weighted by Crippen LogP contribution is -2.38. The van der Waals surface area contributed by atoms with Gasteiger partial charge in [-0.2, -0.15) is 30.0 Å². The first-order valence-electron chi connectivity index (χ1n) is 9.97. The van der Waals surface area contributed by atoms with Gasteiger partial charge in [0, 0.05) is 35.8 Å². The Labute approximate surface area is 206 Å². The summed E-state index contributed by atoms with van der Waals surface area (Å²) in [6.45, 7) is 1.99. The molecule has 3 rings (SSSR count). The summed E-state index contributed by atoms with van der Waals surface area (Å²) in [5.74, 6) is -0.833. The minimum Gasteiger partial charge on any atom is -0.388 e. The van der Waals surface area contributed by atoms with Gasteiger partial charge in [-0.25, -0.2) is 9.67 Å². The van der Waals surface area contributed by atoms with Gasteiger partial charge >= 0.3 is 6.18 Å². The summed E-state index contributed by atoms with van der Waals surface area (Å²) >= 11 is 8.60. The molecule has 14 heteroatoms. The fourth-order valence-corrected chi connectivity index (χ4v) is 4.34. The average Bonchev–Trinajstić information content (AvgIpc) is 3.46. The van der Waals surface area contributed by atoms with E-state index in [1.807, 2.05) is 0 Å². The molecule has 34 heavy (non-hydrogen) atoms. The molecule has 0 spiro atoms. The zero-order chi connectivity index (χ0) is 24.6. The van der Waals surface area contributed by atoms with E-state index in [1.165, 1.54) is 20.9 Å². The lowest BCUT2D eigenvalue weighted by Gasteiger charge is -2.20. The van der Waals surface area contributed by atoms with Crippen molar-refractivity contribution in [1.82, 2.24) is 19.7 Å². The van der Waals surface area contributed by atoms with Crippen molar-refractivity contribution < 1.29 is 22.8 Å². The molecule has 3 aromatic heterocycles. The van der Waals surface area contributed by atoms with Gasteiger partial charge in [0.2, 0.25) is 0 Å². The molecule has 0 bridgehead atoms. The second-order valence-corrected chi connectivity index (χ2v) is 9.11. The van der Waals surface area contributed by atoms with Crippen molar-refractivity contribution in [2.45, 2.75) is 26.1 Å². The number of anilines is 1. The Bertz CT molecular complexity index is 1090. The third-order valence-corrected chi connectivity index (χ3v) is 6.27. The van der Waals surface area contributed by atoms with Gasteiger partial charge in [0.15, 0.2) is 17.5 Å². The van der Waals surface area contributed by atoms with Crippen molar-refractivity contribution in [2.75, 3.05) is 23.0 Å². The maximum atomic E-state index is 13.3. The van der Waals surface area contributed by atoms with E-state index < -0.39 is 18.5 Å². The molecule has 0 fully saturated rings. The maximum absolute atomic E-state index is 13.3. The highest BCUT2D eigenvalue weighted by molar-refractivity contribution is 8.00. The van der Waals surface area contributed by atoms with Crippen LogP contribution < -0.4 is 4.90 Å². The first kappa shape index (κ1) is 26.0. The number of nitrogens with zero attached hydrogens (tertiary/aromatic N) is 6. The molecule has 0 aliphatic heterocycles. The highest BCUT2D eigenvalue weighted by Gasteiger charge is 2.28. The number of carbonyl (C=O) groups is 1. The molecule has 3 aromatic rings. The fraction of sp³-hybridized carbons (Fsp3) is 0.350. The van der Waals surface area contributed by atoms with Gasteiger partial charge in [-0.1, -0.05) is 16.8 Å². The smallest absolute Gasteiger partial charge is 0.388 e. The number of hydrogen-bond donors (Lipinski definition) is 0. The van der Waals surface area contributed by atoms with E-state index in [1.54, 1.807) is 49.2 Å². The normalized spacial score (nSPS) is 12.1. The van der Waals surface area contributed by atoms with E-state index in [-0.39, 0.29) is 35.5 Å². The van der Waals surface area contributed by atoms with Crippen molar-refractivity contribution in [1.29, 1.82) is 0 Å².